The molecule has 106 valence electrons. The summed E-state index contributed by atoms with van der Waals surface area (Å²) in [5.74, 6) is 0. The van der Waals surface area contributed by atoms with Crippen LogP contribution in [0.1, 0.15) is 54.4 Å². The molecular weight excluding hydrogens is 240 g/mol. The maximum absolute atomic E-state index is 2.33. The number of allylic oxidation sites excluding steroid dienone is 12. The van der Waals surface area contributed by atoms with E-state index in [1.54, 1.807) is 0 Å². The zero-order valence-corrected chi connectivity index (χ0v) is 13.7. The summed E-state index contributed by atoms with van der Waals surface area (Å²) in [5, 5.41) is 0. The van der Waals surface area contributed by atoms with Crippen LogP contribution in [-0.4, -0.2) is 0 Å². The smallest absolute Gasteiger partial charge is 0.00204 e. The summed E-state index contributed by atoms with van der Waals surface area (Å²) in [7, 11) is 0. The second kappa shape index (κ2) is 5.83. The van der Waals surface area contributed by atoms with E-state index in [4.69, 9.17) is 0 Å². The van der Waals surface area contributed by atoms with Crippen LogP contribution in [0.25, 0.3) is 0 Å². The molecule has 0 bridgehead atoms. The zero-order chi connectivity index (χ0) is 14.9. The molecule has 0 aromatic rings. The molecule has 0 N–H and O–H groups in total. The number of hydrogen-bond donors (Lipinski definition) is 0. The van der Waals surface area contributed by atoms with Crippen LogP contribution in [0.15, 0.2) is 68.9 Å². The van der Waals surface area contributed by atoms with Gasteiger partial charge in [0.2, 0.25) is 0 Å². The monoisotopic (exact) mass is 266 g/mol. The zero-order valence-electron chi connectivity index (χ0n) is 13.7. The molecule has 0 nitrogen and oxygen atoms in total. The Balaban J connectivity index is 2.17. The van der Waals surface area contributed by atoms with Crippen LogP contribution in [-0.2, 0) is 0 Å². The van der Waals surface area contributed by atoms with Gasteiger partial charge in [0.05, 0.1) is 0 Å². The van der Waals surface area contributed by atoms with Gasteiger partial charge in [-0.15, -0.1) is 0 Å². The molecule has 20 heavy (non-hydrogen) atoms. The molecule has 0 fully saturated rings. The highest BCUT2D eigenvalue weighted by Crippen LogP contribution is 2.35. The highest BCUT2D eigenvalue weighted by molar-refractivity contribution is 5.55. The molecule has 0 amide bonds. The van der Waals surface area contributed by atoms with Crippen LogP contribution in [0.4, 0.5) is 0 Å². The average Bonchev–Trinajstić information content (AvgIpc) is 2.82. The van der Waals surface area contributed by atoms with Gasteiger partial charge in [0.15, 0.2) is 0 Å². The molecular formula is C20H26. The Morgan fingerprint density at radius 2 is 1.05 bits per heavy atom. The van der Waals surface area contributed by atoms with Gasteiger partial charge in [0.1, 0.15) is 0 Å². The number of hydrogen-bond acceptors (Lipinski definition) is 0. The molecule has 0 aliphatic heterocycles. The van der Waals surface area contributed by atoms with E-state index in [2.05, 4.69) is 65.8 Å². The number of rotatable bonds is 3. The molecule has 2 rings (SSSR count). The Morgan fingerprint density at radius 3 is 1.50 bits per heavy atom. The van der Waals surface area contributed by atoms with E-state index in [1.165, 1.54) is 44.6 Å². The fourth-order valence-electron chi connectivity index (χ4n) is 3.02. The van der Waals surface area contributed by atoms with Crippen LogP contribution in [0.2, 0.25) is 0 Å². The van der Waals surface area contributed by atoms with E-state index < -0.39 is 0 Å². The first kappa shape index (κ1) is 14.8. The van der Waals surface area contributed by atoms with Gasteiger partial charge >= 0.3 is 0 Å². The van der Waals surface area contributed by atoms with Crippen molar-refractivity contribution < 1.29 is 0 Å². The molecule has 0 saturated carbocycles. The summed E-state index contributed by atoms with van der Waals surface area (Å²) in [6, 6.07) is 0. The third-order valence-corrected chi connectivity index (χ3v) is 4.90. The predicted molar refractivity (Wildman–Crippen MR) is 89.7 cm³/mol. The van der Waals surface area contributed by atoms with Crippen LogP contribution in [0.3, 0.4) is 0 Å². The minimum absolute atomic E-state index is 1.08. The van der Waals surface area contributed by atoms with Crippen molar-refractivity contribution in [2.45, 2.75) is 54.4 Å². The maximum Gasteiger partial charge on any atom is -0.00204 e. The molecule has 0 spiro atoms. The lowest BCUT2D eigenvalue weighted by atomic mass is 10.0. The van der Waals surface area contributed by atoms with E-state index >= 15 is 0 Å². The molecule has 2 aliphatic carbocycles. The molecule has 0 heterocycles. The topological polar surface area (TPSA) is 0 Å². The van der Waals surface area contributed by atoms with Gasteiger partial charge in [-0.2, -0.15) is 0 Å². The van der Waals surface area contributed by atoms with E-state index in [-0.39, 0.29) is 0 Å². The standard InChI is InChI=1S/C20H26/c1-7-8-18-12-20(17(6)16(18)5)10-9-19-11-13(2)14(3)15(19)4/h7-10H,11-12H2,1-6H3/b8-7+,10-9+. The van der Waals surface area contributed by atoms with Crippen molar-refractivity contribution in [1.82, 2.24) is 0 Å². The third-order valence-electron chi connectivity index (χ3n) is 4.90. The highest BCUT2D eigenvalue weighted by atomic mass is 14.2. The van der Waals surface area contributed by atoms with E-state index in [1.807, 2.05) is 0 Å². The van der Waals surface area contributed by atoms with Gasteiger partial charge in [0.25, 0.3) is 0 Å². The summed E-state index contributed by atoms with van der Waals surface area (Å²) in [6.07, 6.45) is 11.2. The second-order valence-electron chi connectivity index (χ2n) is 6.04. The van der Waals surface area contributed by atoms with Crippen LogP contribution < -0.4 is 0 Å². The summed E-state index contributed by atoms with van der Waals surface area (Å²) < 4.78 is 0. The lowest BCUT2D eigenvalue weighted by Crippen LogP contribution is -1.81. The van der Waals surface area contributed by atoms with Gasteiger partial charge in [0, 0.05) is 0 Å². The van der Waals surface area contributed by atoms with Crippen molar-refractivity contribution in [3.8, 4) is 0 Å². The molecule has 0 atom stereocenters. The first-order chi connectivity index (χ1) is 9.45. The largest absolute Gasteiger partial charge is 0.0874 e. The Morgan fingerprint density at radius 1 is 0.600 bits per heavy atom. The van der Waals surface area contributed by atoms with Crippen molar-refractivity contribution in [3.63, 3.8) is 0 Å². The minimum atomic E-state index is 1.08. The summed E-state index contributed by atoms with van der Waals surface area (Å²) in [5.41, 5.74) is 11.8. The van der Waals surface area contributed by atoms with Crippen molar-refractivity contribution in [1.29, 1.82) is 0 Å². The lowest BCUT2D eigenvalue weighted by Gasteiger charge is -2.01. The van der Waals surface area contributed by atoms with Crippen LogP contribution in [0.5, 0.6) is 0 Å². The minimum Gasteiger partial charge on any atom is -0.0874 e. The van der Waals surface area contributed by atoms with Crippen molar-refractivity contribution in [3.05, 3.63) is 68.9 Å². The van der Waals surface area contributed by atoms with E-state index in [0.29, 0.717) is 0 Å². The fourth-order valence-corrected chi connectivity index (χ4v) is 3.02. The average molecular weight is 266 g/mol. The summed E-state index contributed by atoms with van der Waals surface area (Å²) >= 11 is 0. The van der Waals surface area contributed by atoms with E-state index in [0.717, 1.165) is 12.8 Å². The van der Waals surface area contributed by atoms with Crippen molar-refractivity contribution in [2.24, 2.45) is 0 Å². The molecule has 0 aromatic carbocycles. The van der Waals surface area contributed by atoms with Gasteiger partial charge in [-0.3, -0.25) is 0 Å². The Hall–Kier alpha value is -1.56. The quantitative estimate of drug-likeness (QED) is 0.569. The fraction of sp³-hybridized carbons (Fsp3) is 0.400. The first-order valence-corrected chi connectivity index (χ1v) is 7.52. The molecule has 0 saturated heterocycles. The third kappa shape index (κ3) is 2.65. The molecule has 0 radical (unpaired) electrons. The summed E-state index contributed by atoms with van der Waals surface area (Å²) in [4.78, 5) is 0. The molecule has 0 aromatic heterocycles. The van der Waals surface area contributed by atoms with Gasteiger partial charge in [-0.25, -0.2) is 0 Å². The van der Waals surface area contributed by atoms with Gasteiger partial charge in [-0.05, 0) is 93.4 Å². The Kier molecular flexibility index (Phi) is 4.32. The molecule has 2 aliphatic rings. The highest BCUT2D eigenvalue weighted by Gasteiger charge is 2.16. The maximum atomic E-state index is 2.33. The predicted octanol–water partition coefficient (Wildman–Crippen LogP) is 6.21. The molecule has 0 heteroatoms. The van der Waals surface area contributed by atoms with Gasteiger partial charge in [-0.1, -0.05) is 29.9 Å². The van der Waals surface area contributed by atoms with Crippen molar-refractivity contribution in [2.75, 3.05) is 0 Å². The van der Waals surface area contributed by atoms with E-state index in [9.17, 15) is 0 Å². The first-order valence-electron chi connectivity index (χ1n) is 7.52. The Bertz CT molecular complexity index is 610. The van der Waals surface area contributed by atoms with Crippen LogP contribution in [0, 0.1) is 0 Å². The van der Waals surface area contributed by atoms with Crippen LogP contribution >= 0.6 is 0 Å². The normalized spacial score (nSPS) is 20.9. The Labute approximate surface area is 124 Å². The second-order valence-corrected chi connectivity index (χ2v) is 6.04. The van der Waals surface area contributed by atoms with Gasteiger partial charge < -0.3 is 0 Å². The lowest BCUT2D eigenvalue weighted by molar-refractivity contribution is 1.17. The molecule has 0 unspecified atom stereocenters. The summed E-state index contributed by atoms with van der Waals surface area (Å²) in [6.45, 7) is 13.3. The SMILES string of the molecule is C/C=C/C1=C(C)C(C)=C(/C=C/C2=C(C)C(C)=C(C)C2)C1. The van der Waals surface area contributed by atoms with Crippen molar-refractivity contribution >= 4 is 0 Å².